The molecule has 0 aliphatic carbocycles. The maximum atomic E-state index is 5.54. The first kappa shape index (κ1) is 8.11. The van der Waals surface area contributed by atoms with Gasteiger partial charge < -0.3 is 4.74 Å². The Labute approximate surface area is 78.3 Å². The maximum absolute atomic E-state index is 5.54. The molecular weight excluding hydrogens is 160 g/mol. The Balaban J connectivity index is 2.64. The first-order valence-corrected chi connectivity index (χ1v) is 4.40. The molecule has 0 aromatic heterocycles. The Morgan fingerprint density at radius 1 is 1.15 bits per heavy atom. The molecule has 1 heteroatoms. The summed E-state index contributed by atoms with van der Waals surface area (Å²) < 4.78 is 5.54. The summed E-state index contributed by atoms with van der Waals surface area (Å²) in [7, 11) is 0. The molecule has 1 aromatic carbocycles. The zero-order valence-corrected chi connectivity index (χ0v) is 7.55. The first-order valence-electron chi connectivity index (χ1n) is 4.40. The minimum absolute atomic E-state index is 0.779. The van der Waals surface area contributed by atoms with E-state index in [1.165, 1.54) is 11.1 Å². The first-order chi connectivity index (χ1) is 6.36. The van der Waals surface area contributed by atoms with Gasteiger partial charge in [0.2, 0.25) is 0 Å². The van der Waals surface area contributed by atoms with Crippen LogP contribution in [0.5, 0.6) is 5.75 Å². The van der Waals surface area contributed by atoms with E-state index in [0.29, 0.717) is 0 Å². The van der Waals surface area contributed by atoms with Crippen molar-refractivity contribution >= 4 is 12.2 Å². The molecule has 66 valence electrons. The molecule has 2 rings (SSSR count). The van der Waals surface area contributed by atoms with Crippen LogP contribution in [0.15, 0.2) is 25.3 Å². The third-order valence-corrected chi connectivity index (χ3v) is 2.37. The van der Waals surface area contributed by atoms with Crippen LogP contribution in [0.25, 0.3) is 12.2 Å². The molecule has 1 aliphatic heterocycles. The summed E-state index contributed by atoms with van der Waals surface area (Å²) in [6, 6.07) is 4.09. The summed E-state index contributed by atoms with van der Waals surface area (Å²) in [5.41, 5.74) is 3.53. The summed E-state index contributed by atoms with van der Waals surface area (Å²) >= 11 is 0. The van der Waals surface area contributed by atoms with Crippen LogP contribution in [0.4, 0.5) is 0 Å². The molecule has 1 nitrogen and oxygen atoms in total. The number of benzene rings is 1. The Kier molecular flexibility index (Phi) is 1.93. The van der Waals surface area contributed by atoms with Gasteiger partial charge in [-0.05, 0) is 5.56 Å². The Morgan fingerprint density at radius 2 is 1.85 bits per heavy atom. The van der Waals surface area contributed by atoms with Crippen molar-refractivity contribution < 1.29 is 4.74 Å². The Morgan fingerprint density at radius 3 is 2.54 bits per heavy atom. The van der Waals surface area contributed by atoms with Crippen LogP contribution in [0.2, 0.25) is 0 Å². The van der Waals surface area contributed by atoms with Crippen LogP contribution in [0.3, 0.4) is 0 Å². The van der Waals surface area contributed by atoms with Gasteiger partial charge in [0.15, 0.2) is 0 Å². The molecule has 0 N–H and O–H groups in total. The second-order valence-corrected chi connectivity index (χ2v) is 3.06. The van der Waals surface area contributed by atoms with Gasteiger partial charge in [0.25, 0.3) is 0 Å². The third kappa shape index (κ3) is 1.17. The number of hydrogen-bond acceptors (Lipinski definition) is 1. The predicted octanol–water partition coefficient (Wildman–Crippen LogP) is 2.91. The van der Waals surface area contributed by atoms with Gasteiger partial charge in [0.05, 0.1) is 6.61 Å². The van der Waals surface area contributed by atoms with Gasteiger partial charge in [-0.1, -0.05) is 37.4 Å². The molecule has 0 radical (unpaired) electrons. The number of ether oxygens (including phenoxy) is 1. The average Bonchev–Trinajstić information content (AvgIpc) is 2.64. The molecule has 1 aromatic rings. The molecule has 1 aliphatic rings. The quantitative estimate of drug-likeness (QED) is 0.666. The zero-order valence-electron chi connectivity index (χ0n) is 7.55. The zero-order chi connectivity index (χ0) is 9.26. The number of hydrogen-bond donors (Lipinski definition) is 0. The highest BCUT2D eigenvalue weighted by Gasteiger charge is 2.17. The van der Waals surface area contributed by atoms with Crippen molar-refractivity contribution in [2.24, 2.45) is 0 Å². The lowest BCUT2D eigenvalue weighted by Gasteiger charge is -2.05. The standard InChI is InChI=1S/C12H12O/c1-3-9-5-6-10(4-2)12-11(9)7-8-13-12/h3-6H,1-2,7-8H2. The van der Waals surface area contributed by atoms with Crippen LogP contribution in [0, 0.1) is 0 Å². The van der Waals surface area contributed by atoms with Crippen molar-refractivity contribution in [2.45, 2.75) is 6.42 Å². The maximum Gasteiger partial charge on any atom is 0.130 e. The second kappa shape index (κ2) is 3.09. The molecule has 13 heavy (non-hydrogen) atoms. The van der Waals surface area contributed by atoms with Gasteiger partial charge in [-0.3, -0.25) is 0 Å². The van der Waals surface area contributed by atoms with Gasteiger partial charge in [-0.2, -0.15) is 0 Å². The largest absolute Gasteiger partial charge is 0.492 e. The van der Waals surface area contributed by atoms with Gasteiger partial charge in [-0.25, -0.2) is 0 Å². The molecular formula is C12H12O. The van der Waals surface area contributed by atoms with Crippen LogP contribution in [0.1, 0.15) is 16.7 Å². The van der Waals surface area contributed by atoms with Gasteiger partial charge in [-0.15, -0.1) is 0 Å². The van der Waals surface area contributed by atoms with E-state index in [4.69, 9.17) is 4.74 Å². The van der Waals surface area contributed by atoms with Gasteiger partial charge in [0.1, 0.15) is 5.75 Å². The van der Waals surface area contributed by atoms with Gasteiger partial charge >= 0.3 is 0 Å². The Bertz CT molecular complexity index is 329. The molecule has 1 heterocycles. The lowest BCUT2D eigenvalue weighted by atomic mass is 10.0. The summed E-state index contributed by atoms with van der Waals surface area (Å²) in [5.74, 6) is 0.993. The Hall–Kier alpha value is -1.50. The molecule has 0 saturated carbocycles. The number of fused-ring (bicyclic) bond motifs is 1. The van der Waals surface area contributed by atoms with E-state index >= 15 is 0 Å². The predicted molar refractivity (Wildman–Crippen MR) is 55.8 cm³/mol. The second-order valence-electron chi connectivity index (χ2n) is 3.06. The third-order valence-electron chi connectivity index (χ3n) is 2.37. The lowest BCUT2D eigenvalue weighted by Crippen LogP contribution is -1.87. The van der Waals surface area contributed by atoms with Crippen molar-refractivity contribution in [1.29, 1.82) is 0 Å². The van der Waals surface area contributed by atoms with E-state index in [2.05, 4.69) is 19.2 Å². The normalized spacial score (nSPS) is 13.2. The van der Waals surface area contributed by atoms with Crippen molar-refractivity contribution in [3.63, 3.8) is 0 Å². The van der Waals surface area contributed by atoms with Gasteiger partial charge in [0, 0.05) is 17.5 Å². The fourth-order valence-corrected chi connectivity index (χ4v) is 1.70. The summed E-state index contributed by atoms with van der Waals surface area (Å²) in [5, 5.41) is 0. The van der Waals surface area contributed by atoms with E-state index in [-0.39, 0.29) is 0 Å². The van der Waals surface area contributed by atoms with E-state index in [1.807, 2.05) is 18.2 Å². The van der Waals surface area contributed by atoms with Crippen LogP contribution >= 0.6 is 0 Å². The minimum atomic E-state index is 0.779. The summed E-state index contributed by atoms with van der Waals surface area (Å²) in [6.07, 6.45) is 4.69. The van der Waals surface area contributed by atoms with E-state index in [0.717, 1.165) is 24.3 Å². The van der Waals surface area contributed by atoms with E-state index in [9.17, 15) is 0 Å². The van der Waals surface area contributed by atoms with Crippen molar-refractivity contribution in [1.82, 2.24) is 0 Å². The van der Waals surface area contributed by atoms with Crippen molar-refractivity contribution in [2.75, 3.05) is 6.61 Å². The average molecular weight is 172 g/mol. The van der Waals surface area contributed by atoms with Crippen LogP contribution in [-0.2, 0) is 6.42 Å². The van der Waals surface area contributed by atoms with E-state index in [1.54, 1.807) is 0 Å². The van der Waals surface area contributed by atoms with Crippen LogP contribution in [-0.4, -0.2) is 6.61 Å². The highest BCUT2D eigenvalue weighted by atomic mass is 16.5. The highest BCUT2D eigenvalue weighted by molar-refractivity contribution is 5.67. The fraction of sp³-hybridized carbons (Fsp3) is 0.167. The molecule has 0 amide bonds. The van der Waals surface area contributed by atoms with Crippen molar-refractivity contribution in [3.8, 4) is 5.75 Å². The smallest absolute Gasteiger partial charge is 0.130 e. The number of rotatable bonds is 2. The SMILES string of the molecule is C=Cc1ccc(C=C)c2c1CCO2. The minimum Gasteiger partial charge on any atom is -0.492 e. The topological polar surface area (TPSA) is 9.23 Å². The molecule has 0 saturated heterocycles. The molecule has 0 fully saturated rings. The highest BCUT2D eigenvalue weighted by Crippen LogP contribution is 2.33. The van der Waals surface area contributed by atoms with E-state index < -0.39 is 0 Å². The summed E-state index contributed by atoms with van der Waals surface area (Å²) in [6.45, 7) is 8.32. The molecule has 0 spiro atoms. The lowest BCUT2D eigenvalue weighted by molar-refractivity contribution is 0.356. The summed E-state index contributed by atoms with van der Waals surface area (Å²) in [4.78, 5) is 0. The molecule has 0 atom stereocenters. The monoisotopic (exact) mass is 172 g/mol. The molecule has 0 bridgehead atoms. The van der Waals surface area contributed by atoms with Crippen molar-refractivity contribution in [3.05, 3.63) is 42.0 Å². The fourth-order valence-electron chi connectivity index (χ4n) is 1.70. The molecule has 0 unspecified atom stereocenters. The van der Waals surface area contributed by atoms with Crippen LogP contribution < -0.4 is 4.74 Å².